The van der Waals surface area contributed by atoms with E-state index in [0.717, 1.165) is 25.9 Å². The van der Waals surface area contributed by atoms with Crippen LogP contribution in [0.15, 0.2) is 24.3 Å². The maximum atomic E-state index is 12.3. The molecule has 0 aliphatic carbocycles. The Morgan fingerprint density at radius 3 is 2.45 bits per heavy atom. The maximum absolute atomic E-state index is 12.3. The lowest BCUT2D eigenvalue weighted by molar-refractivity contribution is -0.275. The fourth-order valence-electron chi connectivity index (χ4n) is 1.72. The summed E-state index contributed by atoms with van der Waals surface area (Å²) in [6, 6.07) is 5.81. The highest BCUT2D eigenvalue weighted by molar-refractivity contribution is 5.39. The van der Waals surface area contributed by atoms with Gasteiger partial charge in [0.05, 0.1) is 6.10 Å². The summed E-state index contributed by atoms with van der Waals surface area (Å²) in [4.78, 5) is 0. The lowest BCUT2D eigenvalue weighted by Crippen LogP contribution is -2.20. The van der Waals surface area contributed by atoms with Gasteiger partial charge in [-0.25, -0.2) is 0 Å². The van der Waals surface area contributed by atoms with Crippen LogP contribution in [0.3, 0.4) is 0 Å². The number of benzene rings is 1. The molecule has 0 aromatic heterocycles. The molecule has 0 radical (unpaired) electrons. The molecule has 0 amide bonds. The van der Waals surface area contributed by atoms with Crippen molar-refractivity contribution in [2.45, 2.75) is 39.2 Å². The number of halogens is 3. The van der Waals surface area contributed by atoms with Gasteiger partial charge in [-0.3, -0.25) is 0 Å². The van der Waals surface area contributed by atoms with E-state index in [2.05, 4.69) is 10.1 Å². The van der Waals surface area contributed by atoms with Gasteiger partial charge in [-0.05, 0) is 45.0 Å². The maximum Gasteiger partial charge on any atom is 0.573 e. The number of alkyl halides is 3. The van der Waals surface area contributed by atoms with E-state index in [1.54, 1.807) is 6.07 Å². The predicted octanol–water partition coefficient (Wildman–Crippen LogP) is 3.74. The third-order valence-corrected chi connectivity index (χ3v) is 2.62. The average molecular weight is 291 g/mol. The quantitative estimate of drug-likeness (QED) is 0.740. The second-order valence-electron chi connectivity index (χ2n) is 4.42. The SMILES string of the molecule is CCNCCCC(C)Oc1ccccc1OC(F)(F)F. The van der Waals surface area contributed by atoms with E-state index in [1.165, 1.54) is 18.2 Å². The summed E-state index contributed by atoms with van der Waals surface area (Å²) in [5, 5.41) is 3.18. The number of hydrogen-bond acceptors (Lipinski definition) is 3. The molecule has 0 heterocycles. The molecule has 114 valence electrons. The van der Waals surface area contributed by atoms with E-state index in [1.807, 2.05) is 13.8 Å². The molecule has 0 aliphatic rings. The minimum atomic E-state index is -4.71. The van der Waals surface area contributed by atoms with E-state index in [0.29, 0.717) is 0 Å². The molecular weight excluding hydrogens is 271 g/mol. The van der Waals surface area contributed by atoms with E-state index in [9.17, 15) is 13.2 Å². The molecule has 1 aromatic rings. The zero-order valence-corrected chi connectivity index (χ0v) is 11.7. The van der Waals surface area contributed by atoms with Crippen molar-refractivity contribution in [3.63, 3.8) is 0 Å². The predicted molar refractivity (Wildman–Crippen MR) is 71.0 cm³/mol. The molecule has 20 heavy (non-hydrogen) atoms. The molecule has 0 fully saturated rings. The third-order valence-electron chi connectivity index (χ3n) is 2.62. The smallest absolute Gasteiger partial charge is 0.487 e. The molecule has 1 N–H and O–H groups in total. The van der Waals surface area contributed by atoms with Gasteiger partial charge in [0, 0.05) is 0 Å². The van der Waals surface area contributed by atoms with Crippen LogP contribution in [0.25, 0.3) is 0 Å². The molecule has 6 heteroatoms. The van der Waals surface area contributed by atoms with Crippen molar-refractivity contribution in [3.05, 3.63) is 24.3 Å². The summed E-state index contributed by atoms with van der Waals surface area (Å²) >= 11 is 0. The third kappa shape index (κ3) is 6.65. The van der Waals surface area contributed by atoms with Crippen molar-refractivity contribution in [1.29, 1.82) is 0 Å². The molecule has 0 saturated heterocycles. The molecule has 0 bridgehead atoms. The average Bonchev–Trinajstić information content (AvgIpc) is 2.35. The summed E-state index contributed by atoms with van der Waals surface area (Å²) in [6.07, 6.45) is -3.23. The van der Waals surface area contributed by atoms with Crippen LogP contribution in [0, 0.1) is 0 Å². The molecular formula is C14H20F3NO2. The Kier molecular flexibility index (Phi) is 6.64. The first-order chi connectivity index (χ1) is 9.42. The van der Waals surface area contributed by atoms with E-state index < -0.39 is 6.36 Å². The minimum absolute atomic E-state index is 0.112. The van der Waals surface area contributed by atoms with Crippen molar-refractivity contribution in [2.24, 2.45) is 0 Å². The van der Waals surface area contributed by atoms with Crippen molar-refractivity contribution < 1.29 is 22.6 Å². The van der Waals surface area contributed by atoms with Gasteiger partial charge in [0.2, 0.25) is 0 Å². The van der Waals surface area contributed by atoms with E-state index >= 15 is 0 Å². The minimum Gasteiger partial charge on any atom is -0.487 e. The van der Waals surface area contributed by atoms with Crippen LogP contribution in [0.5, 0.6) is 11.5 Å². The molecule has 0 saturated carbocycles. The van der Waals surface area contributed by atoms with Crippen molar-refractivity contribution >= 4 is 0 Å². The van der Waals surface area contributed by atoms with Crippen LogP contribution in [-0.4, -0.2) is 25.6 Å². The van der Waals surface area contributed by atoms with Crippen molar-refractivity contribution in [3.8, 4) is 11.5 Å². The largest absolute Gasteiger partial charge is 0.573 e. The number of ether oxygens (including phenoxy) is 2. The fourth-order valence-corrected chi connectivity index (χ4v) is 1.72. The zero-order valence-electron chi connectivity index (χ0n) is 11.7. The van der Waals surface area contributed by atoms with Crippen LogP contribution in [0.1, 0.15) is 26.7 Å². The number of hydrogen-bond donors (Lipinski definition) is 1. The summed E-state index contributed by atoms with van der Waals surface area (Å²) in [5.74, 6) is -0.195. The Morgan fingerprint density at radius 2 is 1.85 bits per heavy atom. The number of nitrogens with one attached hydrogen (secondary N) is 1. The lowest BCUT2D eigenvalue weighted by Gasteiger charge is -2.18. The molecule has 1 aromatic carbocycles. The normalized spacial score (nSPS) is 13.1. The highest BCUT2D eigenvalue weighted by atomic mass is 19.4. The summed E-state index contributed by atoms with van der Waals surface area (Å²) in [5.41, 5.74) is 0. The van der Waals surface area contributed by atoms with Gasteiger partial charge >= 0.3 is 6.36 Å². The van der Waals surface area contributed by atoms with Gasteiger partial charge < -0.3 is 14.8 Å². The van der Waals surface area contributed by atoms with Crippen LogP contribution in [-0.2, 0) is 0 Å². The Hall–Kier alpha value is -1.43. The van der Waals surface area contributed by atoms with E-state index in [-0.39, 0.29) is 17.6 Å². The standard InChI is InChI=1S/C14H20F3NO2/c1-3-18-10-6-7-11(2)19-12-8-4-5-9-13(12)20-14(15,16)17/h4-5,8-9,11,18H,3,6-7,10H2,1-2H3. The molecule has 1 rings (SSSR count). The van der Waals surface area contributed by atoms with Crippen LogP contribution >= 0.6 is 0 Å². The molecule has 3 nitrogen and oxygen atoms in total. The second-order valence-corrected chi connectivity index (χ2v) is 4.42. The van der Waals surface area contributed by atoms with Gasteiger partial charge in [0.15, 0.2) is 11.5 Å². The van der Waals surface area contributed by atoms with Gasteiger partial charge in [0.1, 0.15) is 0 Å². The zero-order chi connectivity index (χ0) is 15.0. The Labute approximate surface area is 117 Å². The molecule has 0 aliphatic heterocycles. The van der Waals surface area contributed by atoms with Crippen molar-refractivity contribution in [1.82, 2.24) is 5.32 Å². The first-order valence-corrected chi connectivity index (χ1v) is 6.64. The summed E-state index contributed by atoms with van der Waals surface area (Å²) < 4.78 is 46.2. The van der Waals surface area contributed by atoms with Crippen LogP contribution in [0.4, 0.5) is 13.2 Å². The highest BCUT2D eigenvalue weighted by Crippen LogP contribution is 2.32. The Morgan fingerprint density at radius 1 is 1.20 bits per heavy atom. The summed E-state index contributed by atoms with van der Waals surface area (Å²) in [6.45, 7) is 5.61. The first kappa shape index (κ1) is 16.6. The Balaban J connectivity index is 2.54. The number of rotatable bonds is 8. The summed E-state index contributed by atoms with van der Waals surface area (Å²) in [7, 11) is 0. The van der Waals surface area contributed by atoms with Gasteiger partial charge in [0.25, 0.3) is 0 Å². The number of para-hydroxylation sites is 2. The monoisotopic (exact) mass is 291 g/mol. The van der Waals surface area contributed by atoms with Crippen LogP contribution in [0.2, 0.25) is 0 Å². The van der Waals surface area contributed by atoms with Gasteiger partial charge in [-0.2, -0.15) is 0 Å². The lowest BCUT2D eigenvalue weighted by atomic mass is 10.2. The van der Waals surface area contributed by atoms with Crippen molar-refractivity contribution in [2.75, 3.05) is 13.1 Å². The molecule has 1 atom stereocenters. The van der Waals surface area contributed by atoms with Gasteiger partial charge in [-0.15, -0.1) is 13.2 Å². The molecule has 1 unspecified atom stereocenters. The van der Waals surface area contributed by atoms with E-state index in [4.69, 9.17) is 4.74 Å². The van der Waals surface area contributed by atoms with Crippen LogP contribution < -0.4 is 14.8 Å². The topological polar surface area (TPSA) is 30.5 Å². The fraction of sp³-hybridized carbons (Fsp3) is 0.571. The first-order valence-electron chi connectivity index (χ1n) is 6.64. The highest BCUT2D eigenvalue weighted by Gasteiger charge is 2.32. The van der Waals surface area contributed by atoms with Gasteiger partial charge in [-0.1, -0.05) is 19.1 Å². The Bertz CT molecular complexity index is 396. The second kappa shape index (κ2) is 7.99. The molecule has 0 spiro atoms.